The number of carbonyl (C=O) groups excluding carboxylic acids is 3. The van der Waals surface area contributed by atoms with E-state index in [1.165, 1.54) is 7.11 Å². The minimum absolute atomic E-state index is 0.0492. The van der Waals surface area contributed by atoms with E-state index in [0.717, 1.165) is 22.9 Å². The van der Waals surface area contributed by atoms with Crippen molar-refractivity contribution in [3.63, 3.8) is 0 Å². The summed E-state index contributed by atoms with van der Waals surface area (Å²) in [6.07, 6.45) is 0. The number of rotatable bonds is 5. The van der Waals surface area contributed by atoms with Crippen LogP contribution in [0.15, 0.2) is 53.5 Å². The van der Waals surface area contributed by atoms with Gasteiger partial charge in [-0.3, -0.25) is 14.4 Å². The summed E-state index contributed by atoms with van der Waals surface area (Å²) in [5.41, 5.74) is 3.02. The van der Waals surface area contributed by atoms with Gasteiger partial charge in [-0.1, -0.05) is 53.7 Å². The number of nitrogens with zero attached hydrogens (tertiary/aromatic N) is 1. The fourth-order valence-corrected chi connectivity index (χ4v) is 3.68. The topological polar surface area (TPSA) is 84.8 Å². The van der Waals surface area contributed by atoms with Gasteiger partial charge in [0.1, 0.15) is 0 Å². The van der Waals surface area contributed by atoms with E-state index in [2.05, 4.69) is 10.3 Å². The third kappa shape index (κ3) is 4.48. The second kappa shape index (κ2) is 8.84. The number of aliphatic imine (C=N–C) groups is 1. The first-order chi connectivity index (χ1) is 13.5. The lowest BCUT2D eigenvalue weighted by Crippen LogP contribution is -2.35. The van der Waals surface area contributed by atoms with Gasteiger partial charge < -0.3 is 10.1 Å². The van der Waals surface area contributed by atoms with Gasteiger partial charge in [-0.2, -0.15) is 0 Å². The number of amides is 1. The van der Waals surface area contributed by atoms with Crippen LogP contribution in [0.25, 0.3) is 0 Å². The number of ether oxygens (including phenoxy) is 1. The fourth-order valence-electron chi connectivity index (χ4n) is 2.77. The molecule has 0 saturated heterocycles. The largest absolute Gasteiger partial charge is 0.468 e. The number of hydrogen-bond donors (Lipinski definition) is 1. The van der Waals surface area contributed by atoms with Crippen LogP contribution in [-0.2, 0) is 20.9 Å². The Kier molecular flexibility index (Phi) is 6.26. The number of hydrogen-bond acceptors (Lipinski definition) is 6. The van der Waals surface area contributed by atoms with Crippen molar-refractivity contribution < 1.29 is 19.1 Å². The van der Waals surface area contributed by atoms with Crippen molar-refractivity contribution in [3.05, 3.63) is 65.2 Å². The molecule has 1 N–H and O–H groups in total. The molecule has 0 radical (unpaired) electrons. The van der Waals surface area contributed by atoms with E-state index in [1.54, 1.807) is 24.3 Å². The highest BCUT2D eigenvalue weighted by Gasteiger charge is 2.38. The molecule has 0 aliphatic carbocycles. The summed E-state index contributed by atoms with van der Waals surface area (Å²) in [5, 5.41) is 3.11. The highest BCUT2D eigenvalue weighted by Crippen LogP contribution is 2.32. The van der Waals surface area contributed by atoms with Crippen molar-refractivity contribution >= 4 is 40.2 Å². The monoisotopic (exact) mass is 396 g/mol. The lowest BCUT2D eigenvalue weighted by atomic mass is 9.94. The van der Waals surface area contributed by atoms with Gasteiger partial charge in [0.25, 0.3) is 0 Å². The first kappa shape index (κ1) is 19.8. The number of benzene rings is 2. The van der Waals surface area contributed by atoms with Crippen molar-refractivity contribution in [2.75, 3.05) is 12.9 Å². The average Bonchev–Trinajstić information content (AvgIpc) is 2.71. The Labute approximate surface area is 167 Å². The molecule has 2 aromatic rings. The molecule has 144 valence electrons. The number of methoxy groups -OCH3 is 1. The van der Waals surface area contributed by atoms with Gasteiger partial charge >= 0.3 is 5.97 Å². The number of ketones is 1. The third-order valence-corrected chi connectivity index (χ3v) is 5.34. The van der Waals surface area contributed by atoms with Crippen molar-refractivity contribution in [3.8, 4) is 0 Å². The molecule has 0 spiro atoms. The van der Waals surface area contributed by atoms with Gasteiger partial charge in [-0.25, -0.2) is 4.99 Å². The molecular weight excluding hydrogens is 376 g/mol. The number of aryl methyl sites for hydroxylation is 1. The van der Waals surface area contributed by atoms with Crippen LogP contribution in [0.2, 0.25) is 0 Å². The highest BCUT2D eigenvalue weighted by molar-refractivity contribution is 8.14. The summed E-state index contributed by atoms with van der Waals surface area (Å²) in [6, 6.07) is 14.7. The van der Waals surface area contributed by atoms with Gasteiger partial charge in [0.05, 0.1) is 23.6 Å². The SMILES string of the molecule is COC(=O)C1C(=O)c2ccccc2N=C1SCC(=O)NCc1ccc(C)cc1. The summed E-state index contributed by atoms with van der Waals surface area (Å²) >= 11 is 1.08. The average molecular weight is 396 g/mol. The summed E-state index contributed by atoms with van der Waals surface area (Å²) in [6.45, 7) is 2.41. The van der Waals surface area contributed by atoms with Gasteiger partial charge in [0, 0.05) is 12.1 Å². The maximum Gasteiger partial charge on any atom is 0.323 e. The zero-order valence-corrected chi connectivity index (χ0v) is 16.4. The Morgan fingerprint density at radius 1 is 1.14 bits per heavy atom. The van der Waals surface area contributed by atoms with Crippen LogP contribution < -0.4 is 5.32 Å². The van der Waals surface area contributed by atoms with Gasteiger partial charge in [-0.05, 0) is 24.6 Å². The van der Waals surface area contributed by atoms with Crippen LogP contribution >= 0.6 is 11.8 Å². The molecule has 1 aliphatic heterocycles. The van der Waals surface area contributed by atoms with E-state index in [0.29, 0.717) is 17.8 Å². The summed E-state index contributed by atoms with van der Waals surface area (Å²) in [5.74, 6) is -2.32. The molecule has 6 nitrogen and oxygen atoms in total. The Balaban J connectivity index is 1.67. The Morgan fingerprint density at radius 2 is 1.86 bits per heavy atom. The van der Waals surface area contributed by atoms with Crippen molar-refractivity contribution in [1.82, 2.24) is 5.32 Å². The first-order valence-corrected chi connectivity index (χ1v) is 9.73. The lowest BCUT2D eigenvalue weighted by Gasteiger charge is -2.21. The molecule has 0 bridgehead atoms. The van der Waals surface area contributed by atoms with E-state index >= 15 is 0 Å². The highest BCUT2D eigenvalue weighted by atomic mass is 32.2. The van der Waals surface area contributed by atoms with E-state index in [-0.39, 0.29) is 22.5 Å². The number of thioether (sulfide) groups is 1. The molecule has 0 aromatic heterocycles. The molecule has 7 heteroatoms. The minimum Gasteiger partial charge on any atom is -0.468 e. The molecule has 2 aromatic carbocycles. The normalized spacial score (nSPS) is 15.4. The maximum atomic E-state index is 12.7. The molecule has 1 atom stereocenters. The summed E-state index contributed by atoms with van der Waals surface area (Å²) in [4.78, 5) is 41.5. The molecule has 1 heterocycles. The molecule has 0 saturated carbocycles. The van der Waals surface area contributed by atoms with E-state index < -0.39 is 11.9 Å². The zero-order chi connectivity index (χ0) is 20.1. The van der Waals surface area contributed by atoms with Crippen molar-refractivity contribution in [2.24, 2.45) is 10.9 Å². The molecule has 1 amide bonds. The number of fused-ring (bicyclic) bond motifs is 1. The van der Waals surface area contributed by atoms with Crippen LogP contribution in [0.4, 0.5) is 5.69 Å². The van der Waals surface area contributed by atoms with Crippen LogP contribution in [0.1, 0.15) is 21.5 Å². The van der Waals surface area contributed by atoms with Crippen molar-refractivity contribution in [2.45, 2.75) is 13.5 Å². The predicted octanol–water partition coefficient (Wildman–Crippen LogP) is 3.06. The van der Waals surface area contributed by atoms with Crippen molar-refractivity contribution in [1.29, 1.82) is 0 Å². The van der Waals surface area contributed by atoms with E-state index in [4.69, 9.17) is 4.74 Å². The number of para-hydroxylation sites is 1. The van der Waals surface area contributed by atoms with Crippen LogP contribution in [0.5, 0.6) is 0 Å². The van der Waals surface area contributed by atoms with Gasteiger partial charge in [0.15, 0.2) is 11.7 Å². The number of esters is 1. The minimum atomic E-state index is -1.13. The molecule has 3 rings (SSSR count). The second-order valence-corrected chi connectivity index (χ2v) is 7.33. The quantitative estimate of drug-likeness (QED) is 0.620. The zero-order valence-electron chi connectivity index (χ0n) is 15.6. The van der Waals surface area contributed by atoms with E-state index in [1.807, 2.05) is 31.2 Å². The van der Waals surface area contributed by atoms with Crippen LogP contribution in [0.3, 0.4) is 0 Å². The molecular formula is C21H20N2O4S. The Bertz CT molecular complexity index is 938. The van der Waals surface area contributed by atoms with Crippen LogP contribution in [0, 0.1) is 12.8 Å². The second-order valence-electron chi connectivity index (χ2n) is 6.34. The predicted molar refractivity (Wildman–Crippen MR) is 109 cm³/mol. The summed E-state index contributed by atoms with van der Waals surface area (Å²) in [7, 11) is 1.23. The molecule has 0 fully saturated rings. The number of Topliss-reactive ketones (excluding diaryl/α,β-unsaturated/α-hetero) is 1. The smallest absolute Gasteiger partial charge is 0.323 e. The van der Waals surface area contributed by atoms with Gasteiger partial charge in [-0.15, -0.1) is 0 Å². The molecule has 1 unspecified atom stereocenters. The fraction of sp³-hybridized carbons (Fsp3) is 0.238. The van der Waals surface area contributed by atoms with Crippen LogP contribution in [-0.4, -0.2) is 35.6 Å². The first-order valence-electron chi connectivity index (χ1n) is 8.74. The number of carbonyl (C=O) groups is 3. The Morgan fingerprint density at radius 3 is 2.57 bits per heavy atom. The summed E-state index contributed by atoms with van der Waals surface area (Å²) < 4.78 is 4.77. The number of nitrogens with one attached hydrogen (secondary N) is 1. The molecule has 1 aliphatic rings. The third-order valence-electron chi connectivity index (χ3n) is 4.31. The van der Waals surface area contributed by atoms with E-state index in [9.17, 15) is 14.4 Å². The lowest BCUT2D eigenvalue weighted by molar-refractivity contribution is -0.141. The molecule has 28 heavy (non-hydrogen) atoms. The standard InChI is InChI=1S/C21H20N2O4S/c1-13-7-9-14(10-8-13)11-22-17(24)12-28-20-18(21(26)27-2)19(25)15-5-3-4-6-16(15)23-20/h3-10,18H,11-12H2,1-2H3,(H,22,24). The van der Waals surface area contributed by atoms with Gasteiger partial charge in [0.2, 0.25) is 5.91 Å². The maximum absolute atomic E-state index is 12.7. The Hall–Kier alpha value is -2.93.